The summed E-state index contributed by atoms with van der Waals surface area (Å²) in [5.74, 6) is 0. The monoisotopic (exact) mass is 313 g/mol. The molecule has 0 fully saturated rings. The average Bonchev–Trinajstić information content (AvgIpc) is 2.81. The maximum atomic E-state index is 2.49. The van der Waals surface area contributed by atoms with Gasteiger partial charge in [-0.05, 0) is 18.1 Å². The van der Waals surface area contributed by atoms with Crippen molar-refractivity contribution in [3.05, 3.63) is 71.8 Å². The Labute approximate surface area is 140 Å². The number of hydrogen-bond donors (Lipinski definition) is 0. The van der Waals surface area contributed by atoms with Crippen molar-refractivity contribution in [2.75, 3.05) is 7.05 Å². The van der Waals surface area contributed by atoms with E-state index in [-0.39, 0.29) is 17.8 Å². The van der Waals surface area contributed by atoms with Crippen LogP contribution >= 0.6 is 0 Å². The van der Waals surface area contributed by atoms with Crippen LogP contribution in [0.5, 0.6) is 0 Å². The second-order valence-corrected chi connectivity index (χ2v) is 6.10. The zero-order chi connectivity index (χ0) is 14.9. The minimum Gasteiger partial charge on any atom is -1.00 e. The molecule has 0 saturated carbocycles. The van der Waals surface area contributed by atoms with Crippen molar-refractivity contribution in [2.24, 2.45) is 0 Å². The normalized spacial score (nSPS) is 19.9. The van der Waals surface area contributed by atoms with Gasteiger partial charge in [-0.25, -0.2) is 4.58 Å². The van der Waals surface area contributed by atoms with Gasteiger partial charge in [-0.3, -0.25) is 0 Å². The summed E-state index contributed by atoms with van der Waals surface area (Å²) in [5.41, 5.74) is 4.41. The molecule has 0 N–H and O–H groups in total. The summed E-state index contributed by atoms with van der Waals surface area (Å²) in [6, 6.07) is 22.6. The summed E-state index contributed by atoms with van der Waals surface area (Å²) in [4.78, 5) is 0. The van der Waals surface area contributed by atoms with E-state index in [1.54, 1.807) is 0 Å². The van der Waals surface area contributed by atoms with Gasteiger partial charge < -0.3 is 12.4 Å². The third-order valence-electron chi connectivity index (χ3n) is 5.05. The van der Waals surface area contributed by atoms with E-state index in [2.05, 4.69) is 86.1 Å². The van der Waals surface area contributed by atoms with Crippen LogP contribution in [-0.2, 0) is 5.41 Å². The fraction of sp³-hybridized carbons (Fsp3) is 0.350. The molecule has 2 heteroatoms. The fourth-order valence-corrected chi connectivity index (χ4v) is 4.00. The molecule has 0 aliphatic carbocycles. The van der Waals surface area contributed by atoms with Gasteiger partial charge in [0.05, 0.1) is 0 Å². The Bertz CT molecular complexity index is 606. The zero-order valence-electron chi connectivity index (χ0n) is 13.6. The van der Waals surface area contributed by atoms with Crippen LogP contribution in [0.25, 0.3) is 0 Å². The largest absolute Gasteiger partial charge is 1.00 e. The first-order valence-electron chi connectivity index (χ1n) is 7.90. The second-order valence-electron chi connectivity index (χ2n) is 6.10. The lowest BCUT2D eigenvalue weighted by molar-refractivity contribution is -0.526. The highest BCUT2D eigenvalue weighted by molar-refractivity contribution is 5.95. The molecule has 1 aliphatic rings. The van der Waals surface area contributed by atoms with Crippen LogP contribution in [0, 0.1) is 0 Å². The molecule has 0 unspecified atom stereocenters. The molecule has 0 bridgehead atoms. The Hall–Kier alpha value is -1.60. The molecule has 2 aromatic rings. The lowest BCUT2D eigenvalue weighted by Crippen LogP contribution is -3.00. The van der Waals surface area contributed by atoms with Crippen LogP contribution in [-0.4, -0.2) is 23.4 Å². The van der Waals surface area contributed by atoms with E-state index < -0.39 is 0 Å². The summed E-state index contributed by atoms with van der Waals surface area (Å²) < 4.78 is 2.49. The van der Waals surface area contributed by atoms with Gasteiger partial charge >= 0.3 is 0 Å². The Kier molecular flexibility index (Phi) is 5.08. The smallest absolute Gasteiger partial charge is 0.167 e. The summed E-state index contributed by atoms with van der Waals surface area (Å²) in [6.07, 6.45) is 2.24. The molecule has 1 atom stereocenters. The van der Waals surface area contributed by atoms with Gasteiger partial charge in [0.15, 0.2) is 11.8 Å². The van der Waals surface area contributed by atoms with Crippen LogP contribution < -0.4 is 12.4 Å². The van der Waals surface area contributed by atoms with Crippen molar-refractivity contribution in [3.8, 4) is 0 Å². The SMILES string of the molecule is CCC1=[N+](C)[C@H](C)CC1(c1ccccc1)c1ccccc1.[Cl-]. The van der Waals surface area contributed by atoms with E-state index in [0.29, 0.717) is 6.04 Å². The van der Waals surface area contributed by atoms with E-state index in [4.69, 9.17) is 0 Å². The molecule has 1 heterocycles. The molecule has 0 aromatic heterocycles. The van der Waals surface area contributed by atoms with E-state index in [0.717, 1.165) is 12.8 Å². The molecule has 0 saturated heterocycles. The molecule has 0 spiro atoms. The number of hydrogen-bond acceptors (Lipinski definition) is 0. The Morgan fingerprint density at radius 3 is 1.82 bits per heavy atom. The molecule has 1 nitrogen and oxygen atoms in total. The molecular weight excluding hydrogens is 290 g/mol. The first-order chi connectivity index (χ1) is 10.2. The second kappa shape index (κ2) is 6.66. The van der Waals surface area contributed by atoms with E-state index >= 15 is 0 Å². The van der Waals surface area contributed by atoms with E-state index in [9.17, 15) is 0 Å². The van der Waals surface area contributed by atoms with Crippen molar-refractivity contribution in [1.82, 2.24) is 0 Å². The van der Waals surface area contributed by atoms with Crippen LogP contribution in [0.1, 0.15) is 37.8 Å². The van der Waals surface area contributed by atoms with Crippen molar-refractivity contribution in [2.45, 2.75) is 38.1 Å². The van der Waals surface area contributed by atoms with Gasteiger partial charge in [0.2, 0.25) is 0 Å². The Balaban J connectivity index is 0.00000176. The van der Waals surface area contributed by atoms with Crippen molar-refractivity contribution >= 4 is 5.71 Å². The summed E-state index contributed by atoms with van der Waals surface area (Å²) in [7, 11) is 2.25. The maximum absolute atomic E-state index is 2.49. The van der Waals surface area contributed by atoms with E-state index in [1.807, 2.05) is 0 Å². The third kappa shape index (κ3) is 2.48. The highest BCUT2D eigenvalue weighted by atomic mass is 35.5. The van der Waals surface area contributed by atoms with Gasteiger partial charge in [0, 0.05) is 12.8 Å². The molecule has 22 heavy (non-hydrogen) atoms. The highest BCUT2D eigenvalue weighted by Gasteiger charge is 2.51. The van der Waals surface area contributed by atoms with Gasteiger partial charge in [-0.1, -0.05) is 67.6 Å². The molecule has 3 rings (SSSR count). The quantitative estimate of drug-likeness (QED) is 0.751. The van der Waals surface area contributed by atoms with Crippen molar-refractivity contribution < 1.29 is 17.0 Å². The van der Waals surface area contributed by atoms with Gasteiger partial charge in [-0.2, -0.15) is 0 Å². The van der Waals surface area contributed by atoms with Gasteiger partial charge in [-0.15, -0.1) is 0 Å². The van der Waals surface area contributed by atoms with Crippen molar-refractivity contribution in [3.63, 3.8) is 0 Å². The van der Waals surface area contributed by atoms with Gasteiger partial charge in [0.1, 0.15) is 12.5 Å². The molecule has 0 radical (unpaired) electrons. The first-order valence-corrected chi connectivity index (χ1v) is 7.90. The summed E-state index contributed by atoms with van der Waals surface area (Å²) in [6.45, 7) is 4.62. The average molecular weight is 314 g/mol. The predicted octanol–water partition coefficient (Wildman–Crippen LogP) is 1.26. The highest BCUT2D eigenvalue weighted by Crippen LogP contribution is 2.43. The number of halogens is 1. The molecule has 0 amide bonds. The summed E-state index contributed by atoms with van der Waals surface area (Å²) >= 11 is 0. The lowest BCUT2D eigenvalue weighted by Gasteiger charge is -2.29. The van der Waals surface area contributed by atoms with Crippen LogP contribution in [0.3, 0.4) is 0 Å². The topological polar surface area (TPSA) is 3.01 Å². The number of nitrogens with zero attached hydrogens (tertiary/aromatic N) is 1. The standard InChI is InChI=1S/C20H24N.ClH/c1-4-19-20(15-16(2)21(19)3,17-11-7-5-8-12-17)18-13-9-6-10-14-18;/h5-14,16H,4,15H2,1-3H3;1H/q+1;/p-1/t16-;/m1./s1. The number of benzene rings is 2. The van der Waals surface area contributed by atoms with Gasteiger partial charge in [0.25, 0.3) is 0 Å². The minimum atomic E-state index is 0. The summed E-state index contributed by atoms with van der Waals surface area (Å²) in [5, 5.41) is 0. The fourth-order valence-electron chi connectivity index (χ4n) is 4.00. The Morgan fingerprint density at radius 1 is 0.955 bits per heavy atom. The Morgan fingerprint density at radius 2 is 1.41 bits per heavy atom. The van der Waals surface area contributed by atoms with Crippen molar-refractivity contribution in [1.29, 1.82) is 0 Å². The molecular formula is C20H24ClN. The van der Waals surface area contributed by atoms with Crippen LogP contribution in [0.15, 0.2) is 60.7 Å². The van der Waals surface area contributed by atoms with Crippen LogP contribution in [0.4, 0.5) is 0 Å². The van der Waals surface area contributed by atoms with Crippen LogP contribution in [0.2, 0.25) is 0 Å². The predicted molar refractivity (Wildman–Crippen MR) is 89.2 cm³/mol. The zero-order valence-corrected chi connectivity index (χ0v) is 14.3. The minimum absolute atomic E-state index is 0. The maximum Gasteiger partial charge on any atom is 0.167 e. The molecule has 2 aromatic carbocycles. The first kappa shape index (κ1) is 16.8. The number of rotatable bonds is 3. The van der Waals surface area contributed by atoms with E-state index in [1.165, 1.54) is 16.8 Å². The third-order valence-corrected chi connectivity index (χ3v) is 5.05. The molecule has 116 valence electrons. The lowest BCUT2D eigenvalue weighted by atomic mass is 9.68. The molecule has 1 aliphatic heterocycles.